The molecule has 3 nitrogen and oxygen atoms in total. The van der Waals surface area contributed by atoms with Gasteiger partial charge in [0, 0.05) is 49.7 Å². The second-order valence-corrected chi connectivity index (χ2v) is 22.8. The van der Waals surface area contributed by atoms with E-state index in [1.54, 1.807) is 0 Å². The van der Waals surface area contributed by atoms with Gasteiger partial charge in [0.1, 0.15) is 23.0 Å². The first-order valence-corrected chi connectivity index (χ1v) is 27.8. The summed E-state index contributed by atoms with van der Waals surface area (Å²) < 4.78 is 16.8. The molecule has 20 rings (SSSR count). The quantitative estimate of drug-likeness (QED) is 0.127. The second-order valence-electron chi connectivity index (χ2n) is 22.8. The maximum absolute atomic E-state index is 7.04. The maximum atomic E-state index is 7.04. The summed E-state index contributed by atoms with van der Waals surface area (Å²) in [6.07, 6.45) is 0. The van der Waals surface area contributed by atoms with Crippen molar-refractivity contribution in [1.82, 2.24) is 4.57 Å². The molecule has 2 aliphatic carbocycles. The molecule has 4 aliphatic heterocycles. The SMILES string of the molecule is c1ccc2c(c1)Oc1ccc(B3c4cccc5c4-n4c6c3ccc3c7ccccc7c7ccc(c4c7c36)B5c3ccc4c(c3)C3(c5ccccc5O4)c4ccccc4-c4ccccc43)cc1C21c2ccccc2-c2ccccc21. The second kappa shape index (κ2) is 14.2. The minimum absolute atomic E-state index is 0.0850. The molecule has 2 spiro atoms. The Kier molecular flexibility index (Phi) is 7.43. The third-order valence-electron chi connectivity index (χ3n) is 19.6. The monoisotopic (exact) mass is 997 g/mol. The Morgan fingerprint density at radius 2 is 0.646 bits per heavy atom. The van der Waals surface area contributed by atoms with Gasteiger partial charge in [-0.15, -0.1) is 0 Å². The first-order valence-electron chi connectivity index (χ1n) is 27.8. The van der Waals surface area contributed by atoms with Gasteiger partial charge >= 0.3 is 0 Å². The van der Waals surface area contributed by atoms with Gasteiger partial charge in [0.15, 0.2) is 0 Å². The Bertz CT molecular complexity index is 4740. The molecule has 13 aromatic carbocycles. The normalized spacial score (nSPS) is 15.2. The molecule has 5 heterocycles. The van der Waals surface area contributed by atoms with Gasteiger partial charge in [0.2, 0.25) is 13.4 Å². The van der Waals surface area contributed by atoms with Crippen LogP contribution in [0.5, 0.6) is 23.0 Å². The van der Waals surface area contributed by atoms with E-state index in [4.69, 9.17) is 9.47 Å². The summed E-state index contributed by atoms with van der Waals surface area (Å²) in [4.78, 5) is 0. The summed E-state index contributed by atoms with van der Waals surface area (Å²) in [5.41, 5.74) is 25.6. The van der Waals surface area contributed by atoms with Crippen LogP contribution in [-0.2, 0) is 10.8 Å². The van der Waals surface area contributed by atoms with Crippen LogP contribution in [0.1, 0.15) is 44.5 Å². The van der Waals surface area contributed by atoms with Gasteiger partial charge in [0.25, 0.3) is 0 Å². The highest BCUT2D eigenvalue weighted by Crippen LogP contribution is 2.63. The topological polar surface area (TPSA) is 23.4 Å². The van der Waals surface area contributed by atoms with Crippen LogP contribution in [0.15, 0.2) is 249 Å². The van der Waals surface area contributed by atoms with Crippen molar-refractivity contribution >= 4 is 89.6 Å². The molecule has 360 valence electrons. The molecule has 0 saturated heterocycles. The van der Waals surface area contributed by atoms with E-state index in [2.05, 4.69) is 253 Å². The molecule has 14 aromatic rings. The van der Waals surface area contributed by atoms with E-state index in [0.29, 0.717) is 0 Å². The summed E-state index contributed by atoms with van der Waals surface area (Å²) in [5.74, 6) is 3.62. The van der Waals surface area contributed by atoms with Crippen molar-refractivity contribution in [2.75, 3.05) is 0 Å². The zero-order valence-corrected chi connectivity index (χ0v) is 42.6. The first-order chi connectivity index (χ1) is 39.2. The Labute approximate surface area is 456 Å². The van der Waals surface area contributed by atoms with Crippen LogP contribution in [0.3, 0.4) is 0 Å². The summed E-state index contributed by atoms with van der Waals surface area (Å²) in [5, 5.41) is 7.91. The van der Waals surface area contributed by atoms with E-state index in [9.17, 15) is 0 Å². The van der Waals surface area contributed by atoms with E-state index in [1.165, 1.54) is 149 Å². The van der Waals surface area contributed by atoms with E-state index < -0.39 is 10.8 Å². The predicted molar refractivity (Wildman–Crippen MR) is 324 cm³/mol. The lowest BCUT2D eigenvalue weighted by molar-refractivity contribution is 0.436. The number of ether oxygens (including phenoxy) is 2. The zero-order valence-electron chi connectivity index (χ0n) is 42.6. The Hall–Kier alpha value is -9.83. The van der Waals surface area contributed by atoms with Gasteiger partial charge < -0.3 is 14.0 Å². The molecule has 0 bridgehead atoms. The smallest absolute Gasteiger partial charge is 0.246 e. The highest BCUT2D eigenvalue weighted by atomic mass is 16.5. The molecule has 0 atom stereocenters. The van der Waals surface area contributed by atoms with Crippen molar-refractivity contribution in [3.63, 3.8) is 0 Å². The number of rotatable bonds is 2. The predicted octanol–water partition coefficient (Wildman–Crippen LogP) is 13.1. The fraction of sp³-hybridized carbons (Fsp3) is 0.0270. The molecule has 0 N–H and O–H groups in total. The number of fused-ring (bicyclic) bond motifs is 21. The van der Waals surface area contributed by atoms with Crippen molar-refractivity contribution in [3.05, 3.63) is 293 Å². The molecule has 1 aromatic heterocycles. The van der Waals surface area contributed by atoms with E-state index in [1.807, 2.05) is 0 Å². The third kappa shape index (κ3) is 4.66. The van der Waals surface area contributed by atoms with Crippen LogP contribution >= 0.6 is 0 Å². The average molecular weight is 998 g/mol. The van der Waals surface area contributed by atoms with Crippen LogP contribution in [0.25, 0.3) is 71.3 Å². The number of hydrogen-bond donors (Lipinski definition) is 0. The highest BCUT2D eigenvalue weighted by Gasteiger charge is 2.54. The highest BCUT2D eigenvalue weighted by molar-refractivity contribution is 7.02. The lowest BCUT2D eigenvalue weighted by atomic mass is 9.31. The summed E-state index contributed by atoms with van der Waals surface area (Å²) in [7, 11) is 0. The zero-order chi connectivity index (χ0) is 51.0. The minimum Gasteiger partial charge on any atom is -0.457 e. The van der Waals surface area contributed by atoms with Crippen LogP contribution in [0.4, 0.5) is 0 Å². The van der Waals surface area contributed by atoms with E-state index >= 15 is 0 Å². The molecule has 79 heavy (non-hydrogen) atoms. The summed E-state index contributed by atoms with van der Waals surface area (Å²) in [6, 6.07) is 94.1. The van der Waals surface area contributed by atoms with Crippen molar-refractivity contribution in [2.45, 2.75) is 10.8 Å². The van der Waals surface area contributed by atoms with Crippen molar-refractivity contribution < 1.29 is 9.47 Å². The number of nitrogens with zero attached hydrogens (tertiary/aromatic N) is 1. The van der Waals surface area contributed by atoms with Crippen LogP contribution < -0.4 is 42.3 Å². The van der Waals surface area contributed by atoms with Gasteiger partial charge in [-0.25, -0.2) is 0 Å². The summed E-state index contributed by atoms with van der Waals surface area (Å²) in [6.45, 7) is -0.170. The number of benzene rings is 13. The van der Waals surface area contributed by atoms with Gasteiger partial charge in [-0.2, -0.15) is 0 Å². The van der Waals surface area contributed by atoms with Gasteiger partial charge in [-0.1, -0.05) is 235 Å². The molecule has 0 amide bonds. The van der Waals surface area contributed by atoms with Crippen LogP contribution in [0, 0.1) is 0 Å². The van der Waals surface area contributed by atoms with Crippen LogP contribution in [0.2, 0.25) is 0 Å². The van der Waals surface area contributed by atoms with Crippen molar-refractivity contribution in [2.24, 2.45) is 0 Å². The Balaban J connectivity index is 0.880. The molecule has 0 fully saturated rings. The fourth-order valence-electron chi connectivity index (χ4n) is 16.9. The Morgan fingerprint density at radius 3 is 1.08 bits per heavy atom. The van der Waals surface area contributed by atoms with Crippen molar-refractivity contribution in [1.29, 1.82) is 0 Å². The largest absolute Gasteiger partial charge is 0.457 e. The molecule has 0 unspecified atom stereocenters. The third-order valence-corrected chi connectivity index (χ3v) is 19.6. The molecular formula is C74H41B2NO2. The first kappa shape index (κ1) is 41.3. The molecular weight excluding hydrogens is 956 g/mol. The summed E-state index contributed by atoms with van der Waals surface area (Å²) >= 11 is 0. The van der Waals surface area contributed by atoms with E-state index in [-0.39, 0.29) is 13.4 Å². The standard InChI is InChI=1S/C74H41B2NO2/c1-2-17-45-44(16-1)50-34-36-62-71-68(50)69-51(45)35-37-63-72(69)77(71)70-60(75(62)42-32-38-66-58(40-42)73(56-26-11-13-30-64(56)78-66)52-22-7-3-18-46(52)47-19-4-8-23-53(47)73)28-15-29-61(70)76(63)43-33-39-67-59(41-43)74(57-27-12-14-31-65(57)79-67)54-24-9-5-20-48(54)49-21-6-10-25-55(49)74/h1-41H. The lowest BCUT2D eigenvalue weighted by Crippen LogP contribution is -2.63. The number of hydrogen-bond acceptors (Lipinski definition) is 2. The average Bonchev–Trinajstić information content (AvgIpc) is 4.28. The molecule has 0 saturated carbocycles. The van der Waals surface area contributed by atoms with Gasteiger partial charge in [0.05, 0.1) is 10.8 Å². The molecule has 6 aliphatic rings. The maximum Gasteiger partial charge on any atom is 0.246 e. The van der Waals surface area contributed by atoms with Crippen LogP contribution in [-0.4, -0.2) is 18.0 Å². The van der Waals surface area contributed by atoms with E-state index in [0.717, 1.165) is 23.0 Å². The number of para-hydroxylation sites is 3. The molecule has 5 heteroatoms. The van der Waals surface area contributed by atoms with Gasteiger partial charge in [-0.05, 0) is 112 Å². The van der Waals surface area contributed by atoms with Crippen molar-refractivity contribution in [3.8, 4) is 50.9 Å². The fourth-order valence-corrected chi connectivity index (χ4v) is 16.9. The van der Waals surface area contributed by atoms with Gasteiger partial charge in [-0.3, -0.25) is 0 Å². The lowest BCUT2D eigenvalue weighted by Gasteiger charge is -2.40. The molecule has 0 radical (unpaired) electrons. The number of aromatic nitrogens is 1. The minimum atomic E-state index is -0.583. The Morgan fingerprint density at radius 1 is 0.278 bits per heavy atom.